The number of aliphatic carboxylic acids is 2. The van der Waals surface area contributed by atoms with E-state index in [1.807, 2.05) is 0 Å². The summed E-state index contributed by atoms with van der Waals surface area (Å²) in [5, 5.41) is 39.8. The van der Waals surface area contributed by atoms with Crippen molar-refractivity contribution in [3.63, 3.8) is 0 Å². The van der Waals surface area contributed by atoms with Gasteiger partial charge in [-0.25, -0.2) is 9.59 Å². The monoisotopic (exact) mass is 852 g/mol. The maximum atomic E-state index is 15.1. The zero-order chi connectivity index (χ0) is 41.6. The number of aromatic hydroxyl groups is 2. The van der Waals surface area contributed by atoms with Gasteiger partial charge >= 0.3 is 23.9 Å². The number of benzene rings is 2. The summed E-state index contributed by atoms with van der Waals surface area (Å²) in [6.07, 6.45) is -0.107. The first-order valence-corrected chi connectivity index (χ1v) is 22.3. The Kier molecular flexibility index (Phi) is 15.0. The smallest absolute Gasteiger partial charge is 0.327 e. The van der Waals surface area contributed by atoms with Gasteiger partial charge in [0.05, 0.1) is 10.8 Å². The number of para-hydroxylation sites is 2. The second-order valence-electron chi connectivity index (χ2n) is 15.5. The van der Waals surface area contributed by atoms with Crippen LogP contribution in [0, 0.1) is 16.2 Å². The fourth-order valence-corrected chi connectivity index (χ4v) is 11.1. The highest BCUT2D eigenvalue weighted by Crippen LogP contribution is 2.48. The highest BCUT2D eigenvalue weighted by atomic mass is 33.1. The number of carboxylic acids is 2. The Morgan fingerprint density at radius 1 is 0.696 bits per heavy atom. The van der Waals surface area contributed by atoms with Crippen LogP contribution in [0.25, 0.3) is 0 Å². The highest BCUT2D eigenvalue weighted by Gasteiger charge is 2.53. The number of esters is 2. The lowest BCUT2D eigenvalue weighted by molar-refractivity contribution is -0.171. The molecular weight excluding hydrogens is 805 g/mol. The number of hydrogen-bond acceptors (Lipinski definition) is 14. The van der Waals surface area contributed by atoms with E-state index in [0.29, 0.717) is 11.1 Å². The summed E-state index contributed by atoms with van der Waals surface area (Å²) in [5.41, 5.74) is -3.09. The number of thioether (sulfide) groups is 2. The first kappa shape index (κ1) is 45.0. The van der Waals surface area contributed by atoms with E-state index in [-0.39, 0.29) is 40.9 Å². The molecule has 0 bridgehead atoms. The molecule has 56 heavy (non-hydrogen) atoms. The number of nitrogens with zero attached hydrogens (tertiary/aromatic N) is 2. The van der Waals surface area contributed by atoms with E-state index in [2.05, 4.69) is 0 Å². The minimum Gasteiger partial charge on any atom is -0.508 e. The molecule has 2 aliphatic heterocycles. The number of carbonyl (C=O) groups excluding carboxylic acids is 4. The zero-order valence-corrected chi connectivity index (χ0v) is 35.2. The fraction of sp³-hybridized carbons (Fsp3) is 0.526. The molecule has 0 aromatic heterocycles. The fourth-order valence-electron chi connectivity index (χ4n) is 5.71. The molecular formula is C38H48N2O12S4. The third-order valence-electron chi connectivity index (χ3n) is 8.95. The van der Waals surface area contributed by atoms with Gasteiger partial charge in [0.25, 0.3) is 0 Å². The van der Waals surface area contributed by atoms with Gasteiger partial charge in [-0.3, -0.25) is 19.2 Å². The molecule has 14 nitrogen and oxygen atoms in total. The van der Waals surface area contributed by atoms with E-state index < -0.39 is 88.0 Å². The molecule has 0 saturated carbocycles. The lowest BCUT2D eigenvalue weighted by atomic mass is 9.88. The Bertz CT molecular complexity index is 1770. The van der Waals surface area contributed by atoms with Crippen LogP contribution >= 0.6 is 45.1 Å². The van der Waals surface area contributed by atoms with Crippen molar-refractivity contribution in [3.05, 3.63) is 59.7 Å². The Hall–Kier alpha value is -3.74. The number of phenols is 2. The summed E-state index contributed by atoms with van der Waals surface area (Å²) < 4.78 is 11.5. The van der Waals surface area contributed by atoms with E-state index in [1.165, 1.54) is 39.6 Å². The third kappa shape index (κ3) is 10.6. The van der Waals surface area contributed by atoms with Crippen LogP contribution in [0.4, 0.5) is 0 Å². The summed E-state index contributed by atoms with van der Waals surface area (Å²) in [6, 6.07) is 10.2. The maximum Gasteiger partial charge on any atom is 0.327 e. The van der Waals surface area contributed by atoms with Crippen LogP contribution in [0.1, 0.15) is 69.8 Å². The van der Waals surface area contributed by atoms with Crippen molar-refractivity contribution in [1.82, 2.24) is 9.80 Å². The van der Waals surface area contributed by atoms with Crippen molar-refractivity contribution in [2.45, 2.75) is 70.8 Å². The van der Waals surface area contributed by atoms with Gasteiger partial charge in [-0.2, -0.15) is 0 Å². The molecule has 2 amide bonds. The number of ether oxygens (including phenoxy) is 2. The number of carboxylic acid groups (broad SMARTS) is 2. The van der Waals surface area contributed by atoms with Gasteiger partial charge in [0.2, 0.25) is 11.8 Å². The van der Waals surface area contributed by atoms with Crippen LogP contribution < -0.4 is 0 Å². The number of amides is 2. The summed E-state index contributed by atoms with van der Waals surface area (Å²) in [7, 11) is 2.29. The molecule has 2 unspecified atom stereocenters. The predicted octanol–water partition coefficient (Wildman–Crippen LogP) is 5.79. The van der Waals surface area contributed by atoms with Crippen molar-refractivity contribution in [1.29, 1.82) is 0 Å². The molecule has 0 aliphatic carbocycles. The summed E-state index contributed by atoms with van der Waals surface area (Å²) in [4.78, 5) is 82.2. The average Bonchev–Trinajstić information content (AvgIpc) is 3.77. The normalized spacial score (nSPS) is 20.1. The van der Waals surface area contributed by atoms with Crippen molar-refractivity contribution in [2.75, 3.05) is 36.2 Å². The second kappa shape index (κ2) is 18.7. The molecule has 4 N–H and O–H groups in total. The molecule has 2 fully saturated rings. The molecule has 0 radical (unpaired) electrons. The molecule has 2 saturated heterocycles. The van der Waals surface area contributed by atoms with Gasteiger partial charge in [-0.05, 0) is 53.7 Å². The van der Waals surface area contributed by atoms with E-state index in [4.69, 9.17) is 9.47 Å². The topological polar surface area (TPSA) is 208 Å². The molecule has 306 valence electrons. The van der Waals surface area contributed by atoms with E-state index in [9.17, 15) is 44.4 Å². The SMILES string of the molecule is CC(C)(C)C(=O)OCC(COC(=O)C(C)(C)C)(CSSCCC(=O)N1C(c2ccccc2O)SC[C@H]1C(=O)O)C(=O)N1C(c2ccccc2O)SC[C@H]1C(=O)O. The van der Waals surface area contributed by atoms with Crippen molar-refractivity contribution < 1.29 is 58.7 Å². The van der Waals surface area contributed by atoms with Gasteiger partial charge in [0.1, 0.15) is 53.0 Å². The number of phenolic OH excluding ortho intramolecular Hbond substituents is 2. The van der Waals surface area contributed by atoms with Gasteiger partial charge < -0.3 is 39.7 Å². The summed E-state index contributed by atoms with van der Waals surface area (Å²) in [6.45, 7) is 8.60. The van der Waals surface area contributed by atoms with Gasteiger partial charge in [0, 0.05) is 40.6 Å². The predicted molar refractivity (Wildman–Crippen MR) is 216 cm³/mol. The van der Waals surface area contributed by atoms with Crippen LogP contribution in [0.3, 0.4) is 0 Å². The molecule has 4 atom stereocenters. The van der Waals surface area contributed by atoms with Crippen LogP contribution in [0.2, 0.25) is 0 Å². The molecule has 2 aromatic carbocycles. The number of rotatable bonds is 15. The largest absolute Gasteiger partial charge is 0.508 e. The van der Waals surface area contributed by atoms with Gasteiger partial charge in [-0.15, -0.1) is 23.5 Å². The first-order chi connectivity index (χ1) is 26.2. The van der Waals surface area contributed by atoms with E-state index in [1.54, 1.807) is 77.9 Å². The van der Waals surface area contributed by atoms with E-state index in [0.717, 1.165) is 27.5 Å². The number of hydrogen-bond donors (Lipinski definition) is 4. The van der Waals surface area contributed by atoms with Crippen molar-refractivity contribution >= 4 is 80.8 Å². The summed E-state index contributed by atoms with van der Waals surface area (Å²) in [5.74, 6) is -5.15. The molecule has 0 spiro atoms. The minimum atomic E-state index is -1.83. The van der Waals surface area contributed by atoms with Crippen LogP contribution in [-0.4, -0.2) is 114 Å². The summed E-state index contributed by atoms with van der Waals surface area (Å²) >= 11 is 2.37. The Morgan fingerprint density at radius 3 is 1.55 bits per heavy atom. The highest BCUT2D eigenvalue weighted by molar-refractivity contribution is 8.76. The quantitative estimate of drug-likeness (QED) is 0.0950. The molecule has 4 rings (SSSR count). The Labute approximate surface area is 342 Å². The van der Waals surface area contributed by atoms with Crippen molar-refractivity contribution in [3.8, 4) is 11.5 Å². The van der Waals surface area contributed by atoms with Crippen LogP contribution in [0.15, 0.2) is 48.5 Å². The Morgan fingerprint density at radius 2 is 1.12 bits per heavy atom. The molecule has 2 aromatic rings. The first-order valence-electron chi connectivity index (χ1n) is 17.7. The molecule has 2 heterocycles. The van der Waals surface area contributed by atoms with Gasteiger partial charge in [0.15, 0.2) is 0 Å². The van der Waals surface area contributed by atoms with Crippen LogP contribution in [0.5, 0.6) is 11.5 Å². The van der Waals surface area contributed by atoms with Crippen LogP contribution in [-0.2, 0) is 38.2 Å². The number of carbonyl (C=O) groups is 6. The third-order valence-corrected chi connectivity index (χ3v) is 14.1. The van der Waals surface area contributed by atoms with Gasteiger partial charge in [-0.1, -0.05) is 58.0 Å². The zero-order valence-electron chi connectivity index (χ0n) is 32.0. The van der Waals surface area contributed by atoms with Crippen molar-refractivity contribution in [2.24, 2.45) is 16.2 Å². The lowest BCUT2D eigenvalue weighted by Crippen LogP contribution is -2.55. The van der Waals surface area contributed by atoms with E-state index >= 15 is 4.79 Å². The maximum absolute atomic E-state index is 15.1. The lowest BCUT2D eigenvalue weighted by Gasteiger charge is -2.39. The standard InChI is InChI=1S/C38H48N2O12S4/c1-36(2,3)34(49)51-19-38(20-52-35(50)37(4,5)6,33(48)40-25(32(46)47)18-54-30(40)23-12-8-10-14-27(23)42)21-56-55-16-15-28(43)39-24(31(44)45)17-53-29(39)22-11-7-9-13-26(22)41/h7-14,24-25,29-30,41-42H,15-21H2,1-6H3,(H,44,45)(H,46,47)/t24-,25-,29?,30?/m0/s1. The second-order valence-corrected chi connectivity index (χ2v) is 20.3. The average molecular weight is 853 g/mol. The Balaban J connectivity index is 1.64. The molecule has 2 aliphatic rings. The minimum absolute atomic E-state index is 0.0163. The molecule has 18 heteroatoms.